The Hall–Kier alpha value is -1.00. The molecular formula is C16H24FNOS. The number of ether oxygens (including phenoxy) is 1. The normalized spacial score (nSPS) is 12.3. The number of hydrogen-bond donors (Lipinski definition) is 1. The molecule has 2 N–H and O–H groups in total. The number of unbranched alkanes of at least 4 members (excludes halogenated alkanes) is 3. The average molecular weight is 297 g/mol. The van der Waals surface area contributed by atoms with E-state index in [1.165, 1.54) is 37.8 Å². The molecule has 0 aromatic heterocycles. The predicted octanol–water partition coefficient (Wildman–Crippen LogP) is 4.34. The minimum atomic E-state index is -0.329. The van der Waals surface area contributed by atoms with Crippen LogP contribution in [0.15, 0.2) is 18.2 Å². The molecule has 2 nitrogen and oxygen atoms in total. The summed E-state index contributed by atoms with van der Waals surface area (Å²) < 4.78 is 19.2. The summed E-state index contributed by atoms with van der Waals surface area (Å²) in [6, 6.07) is 4.60. The van der Waals surface area contributed by atoms with Gasteiger partial charge < -0.3 is 10.5 Å². The molecule has 1 unspecified atom stereocenters. The average Bonchev–Trinajstić information content (AvgIpc) is 2.40. The number of benzene rings is 1. The van der Waals surface area contributed by atoms with E-state index in [1.807, 2.05) is 0 Å². The maximum atomic E-state index is 13.4. The smallest absolute Gasteiger partial charge is 0.124 e. The van der Waals surface area contributed by atoms with Crippen molar-refractivity contribution in [2.45, 2.75) is 58.7 Å². The Labute approximate surface area is 126 Å². The lowest BCUT2D eigenvalue weighted by Crippen LogP contribution is -2.12. The highest BCUT2D eigenvalue weighted by molar-refractivity contribution is 7.80. The second-order valence-corrected chi connectivity index (χ2v) is 5.62. The predicted molar refractivity (Wildman–Crippen MR) is 85.3 cm³/mol. The van der Waals surface area contributed by atoms with Gasteiger partial charge in [-0.25, -0.2) is 4.39 Å². The van der Waals surface area contributed by atoms with Gasteiger partial charge in [0.2, 0.25) is 0 Å². The number of thiocarbonyl (C=S) groups is 1. The van der Waals surface area contributed by atoms with E-state index in [9.17, 15) is 4.39 Å². The molecule has 1 aromatic rings. The molecule has 0 fully saturated rings. The van der Waals surface area contributed by atoms with Crippen molar-refractivity contribution in [3.05, 3.63) is 35.1 Å². The Morgan fingerprint density at radius 3 is 2.70 bits per heavy atom. The molecule has 0 saturated carbocycles. The summed E-state index contributed by atoms with van der Waals surface area (Å²) in [5.74, 6) is -0.329. The summed E-state index contributed by atoms with van der Waals surface area (Å²) in [5, 5.41) is 0. The maximum absolute atomic E-state index is 13.4. The zero-order valence-corrected chi connectivity index (χ0v) is 13.1. The van der Waals surface area contributed by atoms with E-state index in [4.69, 9.17) is 22.7 Å². The van der Waals surface area contributed by atoms with Crippen LogP contribution in [0.4, 0.5) is 4.39 Å². The van der Waals surface area contributed by atoms with Crippen LogP contribution in [0.5, 0.6) is 0 Å². The van der Waals surface area contributed by atoms with Crippen LogP contribution in [0.3, 0.4) is 0 Å². The molecule has 112 valence electrons. The van der Waals surface area contributed by atoms with Crippen LogP contribution in [0.25, 0.3) is 0 Å². The van der Waals surface area contributed by atoms with Crippen molar-refractivity contribution in [2.75, 3.05) is 0 Å². The van der Waals surface area contributed by atoms with Crippen molar-refractivity contribution in [3.63, 3.8) is 0 Å². The lowest BCUT2D eigenvalue weighted by molar-refractivity contribution is 0.0457. The van der Waals surface area contributed by atoms with Crippen molar-refractivity contribution in [1.82, 2.24) is 0 Å². The molecule has 0 aliphatic heterocycles. The van der Waals surface area contributed by atoms with E-state index in [2.05, 4.69) is 13.8 Å². The maximum Gasteiger partial charge on any atom is 0.124 e. The highest BCUT2D eigenvalue weighted by Crippen LogP contribution is 2.13. The van der Waals surface area contributed by atoms with Gasteiger partial charge in [-0.15, -0.1) is 0 Å². The van der Waals surface area contributed by atoms with Crippen LogP contribution in [0.2, 0.25) is 0 Å². The molecule has 0 spiro atoms. The van der Waals surface area contributed by atoms with Crippen LogP contribution in [-0.2, 0) is 11.3 Å². The third-order valence-electron chi connectivity index (χ3n) is 3.24. The fourth-order valence-electron chi connectivity index (χ4n) is 2.06. The first-order chi connectivity index (χ1) is 9.52. The van der Waals surface area contributed by atoms with E-state index in [-0.39, 0.29) is 16.9 Å². The molecule has 0 saturated heterocycles. The highest BCUT2D eigenvalue weighted by Gasteiger charge is 2.06. The van der Waals surface area contributed by atoms with Crippen molar-refractivity contribution in [3.8, 4) is 0 Å². The molecule has 20 heavy (non-hydrogen) atoms. The minimum Gasteiger partial charge on any atom is -0.389 e. The fraction of sp³-hybridized carbons (Fsp3) is 0.562. The van der Waals surface area contributed by atoms with E-state index in [1.54, 1.807) is 6.07 Å². The topological polar surface area (TPSA) is 35.2 Å². The zero-order valence-electron chi connectivity index (χ0n) is 12.3. The van der Waals surface area contributed by atoms with Crippen LogP contribution < -0.4 is 5.73 Å². The van der Waals surface area contributed by atoms with Gasteiger partial charge in [-0.2, -0.15) is 0 Å². The van der Waals surface area contributed by atoms with Gasteiger partial charge in [-0.3, -0.25) is 0 Å². The first-order valence-corrected chi connectivity index (χ1v) is 7.64. The van der Waals surface area contributed by atoms with Crippen LogP contribution in [0, 0.1) is 5.82 Å². The third kappa shape index (κ3) is 6.44. The standard InChI is InChI=1S/C16H24FNOS/c1-3-4-5-6-7-12(2)19-11-13-8-14(16(18)20)10-15(17)9-13/h8-10,12H,3-7,11H2,1-2H3,(H2,18,20). The minimum absolute atomic E-state index is 0.184. The van der Waals surface area contributed by atoms with Gasteiger partial charge in [0, 0.05) is 5.56 Å². The van der Waals surface area contributed by atoms with Crippen LogP contribution >= 0.6 is 12.2 Å². The Morgan fingerprint density at radius 2 is 2.05 bits per heavy atom. The lowest BCUT2D eigenvalue weighted by atomic mass is 10.1. The van der Waals surface area contributed by atoms with E-state index in [0.29, 0.717) is 12.2 Å². The van der Waals surface area contributed by atoms with Gasteiger partial charge in [0.1, 0.15) is 10.8 Å². The van der Waals surface area contributed by atoms with Gasteiger partial charge in [0.25, 0.3) is 0 Å². The molecule has 0 heterocycles. The Kier molecular flexibility index (Phi) is 7.70. The second kappa shape index (κ2) is 9.03. The molecular weight excluding hydrogens is 273 g/mol. The van der Waals surface area contributed by atoms with Crippen LogP contribution in [-0.4, -0.2) is 11.1 Å². The Morgan fingerprint density at radius 1 is 1.30 bits per heavy atom. The van der Waals surface area contributed by atoms with Crippen LogP contribution in [0.1, 0.15) is 57.1 Å². The van der Waals surface area contributed by atoms with Gasteiger partial charge >= 0.3 is 0 Å². The Bertz CT molecular complexity index is 436. The van der Waals surface area contributed by atoms with E-state index < -0.39 is 0 Å². The number of nitrogens with two attached hydrogens (primary N) is 1. The summed E-state index contributed by atoms with van der Waals surface area (Å²) in [6.07, 6.45) is 6.15. The van der Waals surface area contributed by atoms with Crippen molar-refractivity contribution in [2.24, 2.45) is 5.73 Å². The largest absolute Gasteiger partial charge is 0.389 e. The molecule has 1 atom stereocenters. The molecule has 1 rings (SSSR count). The molecule has 0 amide bonds. The zero-order chi connectivity index (χ0) is 15.0. The fourth-order valence-corrected chi connectivity index (χ4v) is 2.17. The summed E-state index contributed by atoms with van der Waals surface area (Å²) in [5.41, 5.74) is 6.85. The summed E-state index contributed by atoms with van der Waals surface area (Å²) >= 11 is 4.87. The molecule has 4 heteroatoms. The van der Waals surface area contributed by atoms with Gasteiger partial charge in [0.05, 0.1) is 12.7 Å². The van der Waals surface area contributed by atoms with Gasteiger partial charge in [-0.1, -0.05) is 44.8 Å². The Balaban J connectivity index is 2.42. The van der Waals surface area contributed by atoms with Gasteiger partial charge in [0.15, 0.2) is 0 Å². The second-order valence-electron chi connectivity index (χ2n) is 5.18. The number of rotatable bonds is 9. The first kappa shape index (κ1) is 17.1. The molecule has 1 aromatic carbocycles. The lowest BCUT2D eigenvalue weighted by Gasteiger charge is -2.13. The van der Waals surface area contributed by atoms with Crippen molar-refractivity contribution in [1.29, 1.82) is 0 Å². The number of hydrogen-bond acceptors (Lipinski definition) is 2. The van der Waals surface area contributed by atoms with Gasteiger partial charge in [-0.05, 0) is 37.1 Å². The molecule has 0 aliphatic carbocycles. The summed E-state index contributed by atoms with van der Waals surface area (Å²) in [7, 11) is 0. The summed E-state index contributed by atoms with van der Waals surface area (Å²) in [6.45, 7) is 4.64. The molecule has 0 aliphatic rings. The van der Waals surface area contributed by atoms with Crippen molar-refractivity contribution < 1.29 is 9.13 Å². The quantitative estimate of drug-likeness (QED) is 0.544. The molecule has 0 radical (unpaired) electrons. The third-order valence-corrected chi connectivity index (χ3v) is 3.48. The van der Waals surface area contributed by atoms with Crippen molar-refractivity contribution >= 4 is 17.2 Å². The SMILES string of the molecule is CCCCCCC(C)OCc1cc(F)cc(C(N)=S)c1. The summed E-state index contributed by atoms with van der Waals surface area (Å²) in [4.78, 5) is 0.207. The monoisotopic (exact) mass is 297 g/mol. The highest BCUT2D eigenvalue weighted by atomic mass is 32.1. The van der Waals surface area contributed by atoms with E-state index >= 15 is 0 Å². The van der Waals surface area contributed by atoms with E-state index in [0.717, 1.165) is 12.0 Å². The molecule has 0 bridgehead atoms. The first-order valence-electron chi connectivity index (χ1n) is 7.23. The number of halogens is 1.